The number of hydrogen-bond acceptors (Lipinski definition) is 3. The molecular weight excluding hydrogens is 320 g/mol. The quantitative estimate of drug-likeness (QED) is 0.470. The fourth-order valence-corrected chi connectivity index (χ4v) is 4.65. The highest BCUT2D eigenvalue weighted by Crippen LogP contribution is 2.35. The normalized spacial score (nSPS) is 24.7. The Morgan fingerprint density at radius 2 is 1.50 bits per heavy atom. The Balaban J connectivity index is 1.36. The number of ether oxygens (including phenoxy) is 1. The van der Waals surface area contributed by atoms with Crippen LogP contribution in [0.4, 0.5) is 0 Å². The second kappa shape index (κ2) is 11.0. The van der Waals surface area contributed by atoms with Gasteiger partial charge in [0.05, 0.1) is 6.10 Å². The molecule has 3 heteroatoms. The number of aromatic nitrogens is 2. The summed E-state index contributed by atoms with van der Waals surface area (Å²) < 4.78 is 6.11. The third-order valence-corrected chi connectivity index (χ3v) is 6.41. The van der Waals surface area contributed by atoms with Gasteiger partial charge in [0.15, 0.2) is 0 Å². The van der Waals surface area contributed by atoms with Crippen LogP contribution in [0, 0.1) is 0 Å². The molecule has 0 unspecified atom stereocenters. The largest absolute Gasteiger partial charge is 0.378 e. The lowest BCUT2D eigenvalue weighted by Crippen LogP contribution is -2.21. The van der Waals surface area contributed by atoms with Gasteiger partial charge in [0.2, 0.25) is 0 Å². The molecule has 0 radical (unpaired) electrons. The van der Waals surface area contributed by atoms with Crippen LogP contribution in [0.25, 0.3) is 0 Å². The maximum atomic E-state index is 6.11. The first-order valence-electron chi connectivity index (χ1n) is 11.3. The highest BCUT2D eigenvalue weighted by molar-refractivity contribution is 5.14. The molecule has 1 aromatic heterocycles. The minimum absolute atomic E-state index is 0.486. The molecular formula is C23H38N2O. The molecule has 1 heterocycles. The minimum atomic E-state index is 0.486. The third-order valence-electron chi connectivity index (χ3n) is 6.41. The monoisotopic (exact) mass is 358 g/mol. The summed E-state index contributed by atoms with van der Waals surface area (Å²) in [6.45, 7) is 3.22. The van der Waals surface area contributed by atoms with Crippen molar-refractivity contribution >= 4 is 0 Å². The number of unbranched alkanes of at least 4 members (excludes halogenated alkanes) is 4. The van der Waals surface area contributed by atoms with Crippen molar-refractivity contribution in [3.63, 3.8) is 0 Å². The van der Waals surface area contributed by atoms with Gasteiger partial charge < -0.3 is 4.74 Å². The predicted molar refractivity (Wildman–Crippen MR) is 108 cm³/mol. The molecule has 0 amide bonds. The zero-order valence-electron chi connectivity index (χ0n) is 16.8. The van der Waals surface area contributed by atoms with Crippen LogP contribution in [0.3, 0.4) is 0 Å². The average molecular weight is 359 g/mol. The summed E-state index contributed by atoms with van der Waals surface area (Å²) in [7, 11) is 0. The summed E-state index contributed by atoms with van der Waals surface area (Å²) >= 11 is 0. The molecule has 1 aromatic rings. The van der Waals surface area contributed by atoms with E-state index in [2.05, 4.69) is 19.3 Å². The molecule has 2 aliphatic rings. The van der Waals surface area contributed by atoms with Crippen molar-refractivity contribution in [3.8, 4) is 0 Å². The van der Waals surface area contributed by atoms with E-state index in [0.29, 0.717) is 17.9 Å². The van der Waals surface area contributed by atoms with E-state index in [1.54, 1.807) is 0 Å². The summed E-state index contributed by atoms with van der Waals surface area (Å²) in [6, 6.07) is 0. The van der Waals surface area contributed by atoms with E-state index in [1.165, 1.54) is 95.5 Å². The van der Waals surface area contributed by atoms with Crippen molar-refractivity contribution in [2.24, 2.45) is 0 Å². The fraction of sp³-hybridized carbons (Fsp3) is 0.826. The lowest BCUT2D eigenvalue weighted by atomic mass is 9.83. The Kier molecular flexibility index (Phi) is 8.38. The summed E-state index contributed by atoms with van der Waals surface area (Å²) in [6.07, 6.45) is 22.8. The third kappa shape index (κ3) is 6.04. The number of nitrogens with zero attached hydrogens (tertiary/aromatic N) is 2. The zero-order chi connectivity index (χ0) is 18.0. The van der Waals surface area contributed by atoms with Gasteiger partial charge in [-0.15, -0.1) is 0 Å². The van der Waals surface area contributed by atoms with Crippen molar-refractivity contribution in [2.45, 2.75) is 115 Å². The topological polar surface area (TPSA) is 35.0 Å². The molecule has 3 nitrogen and oxygen atoms in total. The number of rotatable bonds is 9. The van der Waals surface area contributed by atoms with Gasteiger partial charge in [-0.05, 0) is 56.4 Å². The van der Waals surface area contributed by atoms with Gasteiger partial charge in [0.1, 0.15) is 5.82 Å². The molecule has 2 fully saturated rings. The van der Waals surface area contributed by atoms with Gasteiger partial charge in [-0.25, -0.2) is 9.97 Å². The van der Waals surface area contributed by atoms with E-state index >= 15 is 0 Å². The summed E-state index contributed by atoms with van der Waals surface area (Å²) in [4.78, 5) is 9.48. The SMILES string of the molecule is CCCCCCCOC1CCC(c2cnc(C3CCCCC3)nc2)CC1. The highest BCUT2D eigenvalue weighted by atomic mass is 16.5. The van der Waals surface area contributed by atoms with Crippen molar-refractivity contribution in [3.05, 3.63) is 23.8 Å². The first-order valence-corrected chi connectivity index (χ1v) is 11.3. The molecule has 0 aliphatic heterocycles. The van der Waals surface area contributed by atoms with Crippen LogP contribution in [-0.2, 0) is 4.74 Å². The molecule has 0 saturated heterocycles. The Bertz CT molecular complexity index is 487. The predicted octanol–water partition coefficient (Wildman–Crippen LogP) is 6.54. The van der Waals surface area contributed by atoms with E-state index in [0.717, 1.165) is 12.4 Å². The van der Waals surface area contributed by atoms with Crippen LogP contribution < -0.4 is 0 Å². The van der Waals surface area contributed by atoms with Gasteiger partial charge in [-0.3, -0.25) is 0 Å². The lowest BCUT2D eigenvalue weighted by Gasteiger charge is -2.29. The highest BCUT2D eigenvalue weighted by Gasteiger charge is 2.24. The van der Waals surface area contributed by atoms with Crippen molar-refractivity contribution in [1.82, 2.24) is 9.97 Å². The molecule has 2 aliphatic carbocycles. The Morgan fingerprint density at radius 3 is 2.19 bits per heavy atom. The van der Waals surface area contributed by atoms with Crippen LogP contribution in [0.2, 0.25) is 0 Å². The fourth-order valence-electron chi connectivity index (χ4n) is 4.65. The molecule has 0 atom stereocenters. The Hall–Kier alpha value is -0.960. The zero-order valence-corrected chi connectivity index (χ0v) is 16.8. The summed E-state index contributed by atoms with van der Waals surface area (Å²) in [5.41, 5.74) is 1.35. The molecule has 146 valence electrons. The van der Waals surface area contributed by atoms with E-state index in [-0.39, 0.29) is 0 Å². The first kappa shape index (κ1) is 19.8. The van der Waals surface area contributed by atoms with Crippen LogP contribution in [-0.4, -0.2) is 22.7 Å². The Morgan fingerprint density at radius 1 is 0.808 bits per heavy atom. The van der Waals surface area contributed by atoms with E-state index < -0.39 is 0 Å². The van der Waals surface area contributed by atoms with E-state index in [9.17, 15) is 0 Å². The van der Waals surface area contributed by atoms with Crippen molar-refractivity contribution in [2.75, 3.05) is 6.61 Å². The van der Waals surface area contributed by atoms with E-state index in [1.807, 2.05) is 0 Å². The van der Waals surface area contributed by atoms with Gasteiger partial charge in [0.25, 0.3) is 0 Å². The molecule has 26 heavy (non-hydrogen) atoms. The average Bonchev–Trinajstić information content (AvgIpc) is 2.72. The van der Waals surface area contributed by atoms with Crippen LogP contribution in [0.5, 0.6) is 0 Å². The molecule has 3 rings (SSSR count). The molecule has 0 bridgehead atoms. The lowest BCUT2D eigenvalue weighted by molar-refractivity contribution is 0.0225. The van der Waals surface area contributed by atoms with Crippen LogP contribution in [0.1, 0.15) is 120 Å². The second-order valence-corrected chi connectivity index (χ2v) is 8.47. The second-order valence-electron chi connectivity index (χ2n) is 8.47. The molecule has 0 spiro atoms. The molecule has 2 saturated carbocycles. The van der Waals surface area contributed by atoms with Gasteiger partial charge in [-0.2, -0.15) is 0 Å². The van der Waals surface area contributed by atoms with Gasteiger partial charge >= 0.3 is 0 Å². The standard InChI is InChI=1S/C23H38N2O/c1-2-3-4-5-9-16-26-22-14-12-19(13-15-22)21-17-24-23(25-18-21)20-10-7-6-8-11-20/h17-20,22H,2-16H2,1H3. The van der Waals surface area contributed by atoms with E-state index in [4.69, 9.17) is 14.7 Å². The van der Waals surface area contributed by atoms with Gasteiger partial charge in [-0.1, -0.05) is 51.9 Å². The summed E-state index contributed by atoms with van der Waals surface area (Å²) in [5.74, 6) is 2.34. The molecule has 0 N–H and O–H groups in total. The van der Waals surface area contributed by atoms with Crippen LogP contribution >= 0.6 is 0 Å². The number of hydrogen-bond donors (Lipinski definition) is 0. The van der Waals surface area contributed by atoms with Crippen LogP contribution in [0.15, 0.2) is 12.4 Å². The maximum absolute atomic E-state index is 6.11. The van der Waals surface area contributed by atoms with Gasteiger partial charge in [0, 0.05) is 24.9 Å². The smallest absolute Gasteiger partial charge is 0.131 e. The molecule has 0 aromatic carbocycles. The van der Waals surface area contributed by atoms with Crippen molar-refractivity contribution < 1.29 is 4.74 Å². The van der Waals surface area contributed by atoms with Crippen molar-refractivity contribution in [1.29, 1.82) is 0 Å². The first-order chi connectivity index (χ1) is 12.9. The maximum Gasteiger partial charge on any atom is 0.131 e. The summed E-state index contributed by atoms with van der Waals surface area (Å²) in [5, 5.41) is 0. The minimum Gasteiger partial charge on any atom is -0.378 e. The Labute approximate surface area is 160 Å².